The molecule has 2 amide bonds. The Morgan fingerprint density at radius 2 is 1.60 bits per heavy atom. The van der Waals surface area contributed by atoms with Crippen LogP contribution >= 0.6 is 0 Å². The summed E-state index contributed by atoms with van der Waals surface area (Å²) in [7, 11) is 0. The maximum Gasteiger partial charge on any atom is 0.262 e. The van der Waals surface area contributed by atoms with Crippen molar-refractivity contribution in [2.45, 2.75) is 20.8 Å². The summed E-state index contributed by atoms with van der Waals surface area (Å²) in [4.78, 5) is 23.5. The number of nitrogens with one attached hydrogen (secondary N) is 3. The number of hydrazine groups is 1. The van der Waals surface area contributed by atoms with Gasteiger partial charge in [0.2, 0.25) is 0 Å². The van der Waals surface area contributed by atoms with Crippen LogP contribution in [0.3, 0.4) is 0 Å². The van der Waals surface area contributed by atoms with Crippen LogP contribution in [0.1, 0.15) is 22.3 Å². The van der Waals surface area contributed by atoms with E-state index in [9.17, 15) is 9.59 Å². The quantitative estimate of drug-likeness (QED) is 0.580. The molecule has 0 saturated heterocycles. The van der Waals surface area contributed by atoms with Gasteiger partial charge in [0.1, 0.15) is 0 Å². The van der Waals surface area contributed by atoms with E-state index in [1.54, 1.807) is 6.08 Å². The second-order valence-electron chi connectivity index (χ2n) is 5.95. The summed E-state index contributed by atoms with van der Waals surface area (Å²) >= 11 is 0. The van der Waals surface area contributed by atoms with E-state index in [0.717, 1.165) is 22.4 Å². The van der Waals surface area contributed by atoms with E-state index >= 15 is 0 Å². The molecule has 0 aliphatic heterocycles. The Bertz CT molecular complexity index is 780. The van der Waals surface area contributed by atoms with E-state index in [1.165, 1.54) is 11.6 Å². The lowest BCUT2D eigenvalue weighted by Crippen LogP contribution is -2.43. The Balaban J connectivity index is 1.75. The van der Waals surface area contributed by atoms with Crippen molar-refractivity contribution in [1.29, 1.82) is 0 Å². The van der Waals surface area contributed by atoms with Crippen molar-refractivity contribution < 1.29 is 9.59 Å². The van der Waals surface area contributed by atoms with Gasteiger partial charge in [-0.3, -0.25) is 20.4 Å². The highest BCUT2D eigenvalue weighted by Crippen LogP contribution is 2.15. The normalized spacial score (nSPS) is 10.5. The van der Waals surface area contributed by atoms with Crippen LogP contribution in [-0.4, -0.2) is 18.4 Å². The Morgan fingerprint density at radius 3 is 2.28 bits per heavy atom. The van der Waals surface area contributed by atoms with E-state index in [0.29, 0.717) is 0 Å². The molecule has 0 aliphatic carbocycles. The molecule has 130 valence electrons. The molecule has 5 nitrogen and oxygen atoms in total. The second kappa shape index (κ2) is 8.68. The molecule has 2 aromatic carbocycles. The van der Waals surface area contributed by atoms with Gasteiger partial charge in [-0.15, -0.1) is 0 Å². The molecular formula is C20H23N3O2. The number of aryl methyl sites for hydroxylation is 3. The van der Waals surface area contributed by atoms with Gasteiger partial charge in [-0.05, 0) is 44.0 Å². The number of hydrogen-bond donors (Lipinski definition) is 3. The lowest BCUT2D eigenvalue weighted by Gasteiger charge is -2.10. The lowest BCUT2D eigenvalue weighted by atomic mass is 10.1. The Kier molecular flexibility index (Phi) is 6.34. The van der Waals surface area contributed by atoms with Crippen LogP contribution in [0.15, 0.2) is 48.5 Å². The first-order valence-electron chi connectivity index (χ1n) is 8.09. The van der Waals surface area contributed by atoms with Crippen LogP contribution in [0, 0.1) is 20.8 Å². The van der Waals surface area contributed by atoms with E-state index in [4.69, 9.17) is 0 Å². The fourth-order valence-corrected chi connectivity index (χ4v) is 2.25. The molecular weight excluding hydrogens is 314 g/mol. The van der Waals surface area contributed by atoms with Gasteiger partial charge in [0.05, 0.1) is 6.54 Å². The summed E-state index contributed by atoms with van der Waals surface area (Å²) in [6, 6.07) is 13.7. The molecule has 0 aromatic heterocycles. The van der Waals surface area contributed by atoms with Crippen LogP contribution in [0.2, 0.25) is 0 Å². The third kappa shape index (κ3) is 6.14. The number of benzene rings is 2. The highest BCUT2D eigenvalue weighted by Gasteiger charge is 2.04. The fraction of sp³-hybridized carbons (Fsp3) is 0.200. The molecule has 3 N–H and O–H groups in total. The molecule has 0 spiro atoms. The Hall–Kier alpha value is -3.08. The minimum atomic E-state index is -0.388. The molecule has 0 bridgehead atoms. The van der Waals surface area contributed by atoms with Gasteiger partial charge in [0.15, 0.2) is 0 Å². The third-order valence-electron chi connectivity index (χ3n) is 3.65. The largest absolute Gasteiger partial charge is 0.376 e. The van der Waals surface area contributed by atoms with Gasteiger partial charge in [-0.1, -0.05) is 47.5 Å². The molecule has 0 saturated carbocycles. The summed E-state index contributed by atoms with van der Waals surface area (Å²) in [5.41, 5.74) is 9.94. The average Bonchev–Trinajstić information content (AvgIpc) is 2.58. The highest BCUT2D eigenvalue weighted by molar-refractivity contribution is 5.93. The minimum absolute atomic E-state index is 0.0753. The molecule has 0 aliphatic rings. The number of carbonyl (C=O) groups is 2. The van der Waals surface area contributed by atoms with Gasteiger partial charge in [-0.2, -0.15) is 0 Å². The molecule has 0 atom stereocenters. The number of carbonyl (C=O) groups excluding carboxylic acids is 2. The Morgan fingerprint density at radius 1 is 0.920 bits per heavy atom. The summed E-state index contributed by atoms with van der Waals surface area (Å²) < 4.78 is 0. The zero-order chi connectivity index (χ0) is 18.2. The van der Waals surface area contributed by atoms with Crippen LogP contribution < -0.4 is 16.2 Å². The second-order valence-corrected chi connectivity index (χ2v) is 5.95. The predicted octanol–water partition coefficient (Wildman–Crippen LogP) is 2.88. The monoisotopic (exact) mass is 337 g/mol. The first-order valence-corrected chi connectivity index (χ1v) is 8.09. The topological polar surface area (TPSA) is 70.2 Å². The van der Waals surface area contributed by atoms with Crippen molar-refractivity contribution in [3.8, 4) is 0 Å². The molecule has 0 radical (unpaired) electrons. The zero-order valence-electron chi connectivity index (χ0n) is 14.7. The van der Waals surface area contributed by atoms with Gasteiger partial charge in [-0.25, -0.2) is 0 Å². The molecule has 0 fully saturated rings. The summed E-state index contributed by atoms with van der Waals surface area (Å²) in [6.45, 7) is 6.07. The summed E-state index contributed by atoms with van der Waals surface area (Å²) in [5, 5.41) is 3.05. The van der Waals surface area contributed by atoms with Crippen molar-refractivity contribution in [3.63, 3.8) is 0 Å². The van der Waals surface area contributed by atoms with Crippen molar-refractivity contribution in [3.05, 3.63) is 70.8 Å². The Labute approximate surface area is 148 Å². The van der Waals surface area contributed by atoms with E-state index < -0.39 is 0 Å². The van der Waals surface area contributed by atoms with Crippen LogP contribution in [0.25, 0.3) is 6.08 Å². The highest BCUT2D eigenvalue weighted by atomic mass is 16.2. The molecule has 2 rings (SSSR count). The van der Waals surface area contributed by atoms with E-state index in [-0.39, 0.29) is 18.4 Å². The van der Waals surface area contributed by atoms with Gasteiger partial charge >= 0.3 is 0 Å². The van der Waals surface area contributed by atoms with Crippen LogP contribution in [-0.2, 0) is 9.59 Å². The van der Waals surface area contributed by atoms with Gasteiger partial charge < -0.3 is 5.32 Å². The average molecular weight is 337 g/mol. The molecule has 0 heterocycles. The van der Waals surface area contributed by atoms with E-state index in [2.05, 4.69) is 16.2 Å². The fourth-order valence-electron chi connectivity index (χ4n) is 2.25. The number of hydrogen-bond acceptors (Lipinski definition) is 3. The van der Waals surface area contributed by atoms with Gasteiger partial charge in [0.25, 0.3) is 11.8 Å². The van der Waals surface area contributed by atoms with Crippen molar-refractivity contribution in [2.75, 3.05) is 11.9 Å². The number of amides is 2. The number of anilines is 1. The van der Waals surface area contributed by atoms with Crippen LogP contribution in [0.4, 0.5) is 5.69 Å². The van der Waals surface area contributed by atoms with E-state index in [1.807, 2.05) is 63.2 Å². The van der Waals surface area contributed by atoms with Crippen molar-refractivity contribution in [1.82, 2.24) is 10.9 Å². The van der Waals surface area contributed by atoms with Crippen molar-refractivity contribution in [2.24, 2.45) is 0 Å². The third-order valence-corrected chi connectivity index (χ3v) is 3.65. The SMILES string of the molecule is Cc1ccc(/C=C/C(=O)NNC(=O)CNc2ccc(C)cc2C)cc1. The minimum Gasteiger partial charge on any atom is -0.376 e. The summed E-state index contributed by atoms with van der Waals surface area (Å²) in [5.74, 6) is -0.711. The molecule has 2 aromatic rings. The lowest BCUT2D eigenvalue weighted by molar-refractivity contribution is -0.125. The first-order chi connectivity index (χ1) is 11.9. The van der Waals surface area contributed by atoms with Crippen LogP contribution in [0.5, 0.6) is 0 Å². The maximum atomic E-state index is 11.8. The zero-order valence-corrected chi connectivity index (χ0v) is 14.7. The number of rotatable bonds is 5. The predicted molar refractivity (Wildman–Crippen MR) is 101 cm³/mol. The maximum absolute atomic E-state index is 11.8. The standard InChI is InChI=1S/C20H23N3O2/c1-14-4-7-17(8-5-14)9-11-19(24)22-23-20(25)13-21-18-10-6-15(2)12-16(18)3/h4-12,21H,13H2,1-3H3,(H,22,24)(H,23,25)/b11-9+. The first kappa shape index (κ1) is 18.3. The van der Waals surface area contributed by atoms with Gasteiger partial charge in [0, 0.05) is 11.8 Å². The smallest absolute Gasteiger partial charge is 0.262 e. The summed E-state index contributed by atoms with van der Waals surface area (Å²) in [6.07, 6.45) is 3.07. The molecule has 5 heteroatoms. The molecule has 0 unspecified atom stereocenters. The molecule has 25 heavy (non-hydrogen) atoms. The van der Waals surface area contributed by atoms with Crippen molar-refractivity contribution >= 4 is 23.6 Å².